The van der Waals surface area contributed by atoms with Gasteiger partial charge in [-0.2, -0.15) is 0 Å². The van der Waals surface area contributed by atoms with Gasteiger partial charge in [-0.05, 0) is 19.1 Å². The lowest BCUT2D eigenvalue weighted by molar-refractivity contribution is 0.457. The van der Waals surface area contributed by atoms with Crippen LogP contribution in [0, 0.1) is 12.7 Å². The predicted molar refractivity (Wildman–Crippen MR) is 128 cm³/mol. The molecule has 0 atom stereocenters. The molecule has 2 heterocycles. The van der Waals surface area contributed by atoms with Crippen molar-refractivity contribution in [3.05, 3.63) is 107 Å². The minimum absolute atomic E-state index is 0.0693. The number of nitrogens with one attached hydrogen (secondary N) is 1. The van der Waals surface area contributed by atoms with Crippen LogP contribution in [0.15, 0.2) is 94.1 Å². The molecule has 168 valence electrons. The lowest BCUT2D eigenvalue weighted by atomic mass is 10.1. The molecule has 7 heteroatoms. The normalized spacial score (nSPS) is 10.9. The van der Waals surface area contributed by atoms with Crippen molar-refractivity contribution in [3.8, 4) is 28.6 Å². The van der Waals surface area contributed by atoms with Crippen LogP contribution in [0.1, 0.15) is 5.69 Å². The van der Waals surface area contributed by atoms with E-state index in [0.29, 0.717) is 23.0 Å². The van der Waals surface area contributed by atoms with Crippen LogP contribution in [0.25, 0.3) is 22.3 Å². The maximum absolute atomic E-state index is 14.0. The summed E-state index contributed by atoms with van der Waals surface area (Å²) in [6.07, 6.45) is 0. The van der Waals surface area contributed by atoms with Crippen molar-refractivity contribution in [2.45, 2.75) is 6.92 Å². The Hall–Kier alpha value is -4.65. The van der Waals surface area contributed by atoms with Gasteiger partial charge in [0.2, 0.25) is 0 Å². The Balaban J connectivity index is 1.51. The molecule has 0 amide bonds. The number of para-hydroxylation sites is 1. The van der Waals surface area contributed by atoms with Crippen LogP contribution < -0.4 is 15.5 Å². The minimum atomic E-state index is -0.406. The number of rotatable bonds is 5. The molecule has 0 bridgehead atoms. The fourth-order valence-corrected chi connectivity index (χ4v) is 3.64. The fraction of sp³-hybridized carbons (Fsp3) is 0.0370. The highest BCUT2D eigenvalue weighted by molar-refractivity contribution is 5.86. The summed E-state index contributed by atoms with van der Waals surface area (Å²) >= 11 is 0. The van der Waals surface area contributed by atoms with Crippen LogP contribution in [-0.2, 0) is 0 Å². The van der Waals surface area contributed by atoms with E-state index in [2.05, 4.69) is 10.3 Å². The first-order valence-corrected chi connectivity index (χ1v) is 10.5. The molecule has 0 aliphatic heterocycles. The minimum Gasteiger partial charge on any atom is -0.507 e. The second kappa shape index (κ2) is 8.71. The molecule has 0 saturated heterocycles. The van der Waals surface area contributed by atoms with Crippen molar-refractivity contribution in [2.75, 3.05) is 5.32 Å². The van der Waals surface area contributed by atoms with Gasteiger partial charge in [-0.25, -0.2) is 9.37 Å². The van der Waals surface area contributed by atoms with E-state index < -0.39 is 5.82 Å². The number of phenolic OH excluding ortho intramolecular Hbond substituents is 1. The number of aryl methyl sites for hydroxylation is 1. The molecule has 0 fully saturated rings. The molecule has 0 radical (unpaired) electrons. The Bertz CT molecular complexity index is 1570. The van der Waals surface area contributed by atoms with Crippen LogP contribution in [0.4, 0.5) is 15.9 Å². The second-order valence-corrected chi connectivity index (χ2v) is 7.69. The molecule has 34 heavy (non-hydrogen) atoms. The van der Waals surface area contributed by atoms with Crippen LogP contribution in [-0.4, -0.2) is 10.1 Å². The standard InChI is InChI=1S/C27H19FN2O4/c1-16-11-18(14-26(29-16)30-21-10-6-5-9-20(21)28)33-19-12-22(31)27-23(32)15-24(34-25(27)13-19)17-7-3-2-4-8-17/h2-15,31H,1H3,(H,29,30). The number of nitrogens with zero attached hydrogens (tertiary/aromatic N) is 1. The number of aromatic hydroxyl groups is 1. The summed E-state index contributed by atoms with van der Waals surface area (Å²) in [5, 5.41) is 13.5. The molecule has 0 spiro atoms. The second-order valence-electron chi connectivity index (χ2n) is 7.69. The third-order valence-electron chi connectivity index (χ3n) is 5.14. The molecule has 0 saturated carbocycles. The Morgan fingerprint density at radius 1 is 0.941 bits per heavy atom. The maximum atomic E-state index is 14.0. The first-order chi connectivity index (χ1) is 16.5. The number of benzene rings is 3. The summed E-state index contributed by atoms with van der Waals surface area (Å²) in [5.41, 5.74) is 1.49. The number of hydrogen-bond donors (Lipinski definition) is 2. The zero-order valence-corrected chi connectivity index (χ0v) is 18.1. The number of pyridine rings is 1. The third kappa shape index (κ3) is 4.31. The van der Waals surface area contributed by atoms with Crippen LogP contribution >= 0.6 is 0 Å². The van der Waals surface area contributed by atoms with Gasteiger partial charge < -0.3 is 19.6 Å². The quantitative estimate of drug-likeness (QED) is 0.314. The molecule has 6 nitrogen and oxygen atoms in total. The summed E-state index contributed by atoms with van der Waals surface area (Å²) in [5.74, 6) is 0.787. The third-order valence-corrected chi connectivity index (χ3v) is 5.14. The first-order valence-electron chi connectivity index (χ1n) is 10.5. The molecule has 3 aromatic carbocycles. The van der Waals surface area contributed by atoms with Crippen molar-refractivity contribution in [1.82, 2.24) is 4.98 Å². The average Bonchev–Trinajstić information content (AvgIpc) is 2.80. The summed E-state index contributed by atoms with van der Waals surface area (Å²) in [4.78, 5) is 17.0. The Morgan fingerprint density at radius 2 is 1.68 bits per heavy atom. The van der Waals surface area contributed by atoms with E-state index in [9.17, 15) is 14.3 Å². The van der Waals surface area contributed by atoms with E-state index in [1.54, 1.807) is 43.3 Å². The van der Waals surface area contributed by atoms with Crippen LogP contribution in [0.3, 0.4) is 0 Å². The number of fused-ring (bicyclic) bond motifs is 1. The van der Waals surface area contributed by atoms with Gasteiger partial charge >= 0.3 is 0 Å². The van der Waals surface area contributed by atoms with Crippen LogP contribution in [0.5, 0.6) is 17.2 Å². The summed E-state index contributed by atoms with van der Waals surface area (Å²) in [7, 11) is 0. The molecular formula is C27H19FN2O4. The molecular weight excluding hydrogens is 435 g/mol. The highest BCUT2D eigenvalue weighted by Crippen LogP contribution is 2.34. The van der Waals surface area contributed by atoms with Gasteiger partial charge in [0, 0.05) is 41.6 Å². The zero-order valence-electron chi connectivity index (χ0n) is 18.1. The fourth-order valence-electron chi connectivity index (χ4n) is 3.64. The van der Waals surface area contributed by atoms with Gasteiger partial charge in [0.15, 0.2) is 5.43 Å². The molecule has 5 aromatic rings. The number of phenols is 1. The van der Waals surface area contributed by atoms with E-state index in [1.165, 1.54) is 18.2 Å². The monoisotopic (exact) mass is 454 g/mol. The largest absolute Gasteiger partial charge is 0.507 e. The first kappa shape index (κ1) is 21.2. The zero-order chi connectivity index (χ0) is 23.7. The van der Waals surface area contributed by atoms with Gasteiger partial charge in [0.05, 0.1) is 5.69 Å². The topological polar surface area (TPSA) is 84.6 Å². The van der Waals surface area contributed by atoms with Crippen molar-refractivity contribution >= 4 is 22.5 Å². The van der Waals surface area contributed by atoms with Crippen LogP contribution in [0.2, 0.25) is 0 Å². The van der Waals surface area contributed by atoms with E-state index in [-0.39, 0.29) is 33.6 Å². The molecule has 2 aromatic heterocycles. The van der Waals surface area contributed by atoms with Crippen molar-refractivity contribution < 1.29 is 18.7 Å². The van der Waals surface area contributed by atoms with Gasteiger partial charge in [0.25, 0.3) is 0 Å². The van der Waals surface area contributed by atoms with Crippen molar-refractivity contribution in [1.29, 1.82) is 0 Å². The summed E-state index contributed by atoms with van der Waals surface area (Å²) < 4.78 is 25.9. The Kier molecular flexibility index (Phi) is 5.43. The lowest BCUT2D eigenvalue weighted by Crippen LogP contribution is -2.01. The number of hydrogen-bond acceptors (Lipinski definition) is 6. The molecule has 2 N–H and O–H groups in total. The highest BCUT2D eigenvalue weighted by atomic mass is 19.1. The van der Waals surface area contributed by atoms with Crippen molar-refractivity contribution in [3.63, 3.8) is 0 Å². The van der Waals surface area contributed by atoms with Gasteiger partial charge in [-0.3, -0.25) is 4.79 Å². The number of halogens is 1. The van der Waals surface area contributed by atoms with E-state index in [0.717, 1.165) is 5.56 Å². The van der Waals surface area contributed by atoms with Crippen molar-refractivity contribution in [2.24, 2.45) is 0 Å². The van der Waals surface area contributed by atoms with Gasteiger partial charge in [0.1, 0.15) is 45.6 Å². The molecule has 5 rings (SSSR count). The number of aromatic nitrogens is 1. The number of anilines is 2. The molecule has 0 unspecified atom stereocenters. The maximum Gasteiger partial charge on any atom is 0.197 e. The Labute approximate surface area is 193 Å². The SMILES string of the molecule is Cc1cc(Oc2cc(O)c3c(=O)cc(-c4ccccc4)oc3c2)cc(Nc2ccccc2F)n1. The van der Waals surface area contributed by atoms with E-state index in [4.69, 9.17) is 9.15 Å². The average molecular weight is 454 g/mol. The van der Waals surface area contributed by atoms with Gasteiger partial charge in [-0.1, -0.05) is 42.5 Å². The number of ether oxygens (including phenoxy) is 1. The smallest absolute Gasteiger partial charge is 0.197 e. The summed E-state index contributed by atoms with van der Waals surface area (Å²) in [6.45, 7) is 1.78. The summed E-state index contributed by atoms with van der Waals surface area (Å²) in [6, 6.07) is 23.0. The molecule has 0 aliphatic rings. The molecule has 0 aliphatic carbocycles. The van der Waals surface area contributed by atoms with Gasteiger partial charge in [-0.15, -0.1) is 0 Å². The van der Waals surface area contributed by atoms with E-state index in [1.807, 2.05) is 30.3 Å². The van der Waals surface area contributed by atoms with E-state index >= 15 is 0 Å². The lowest BCUT2D eigenvalue weighted by Gasteiger charge is -2.12. The highest BCUT2D eigenvalue weighted by Gasteiger charge is 2.14. The predicted octanol–water partition coefficient (Wildman–Crippen LogP) is 6.54. The Morgan fingerprint density at radius 3 is 2.47 bits per heavy atom.